The minimum Gasteiger partial charge on any atom is -0.352 e. The van der Waals surface area contributed by atoms with E-state index in [1.807, 2.05) is 0 Å². The lowest BCUT2D eigenvalue weighted by Gasteiger charge is -2.10. The van der Waals surface area contributed by atoms with Crippen molar-refractivity contribution in [2.24, 2.45) is 0 Å². The van der Waals surface area contributed by atoms with Crippen molar-refractivity contribution < 1.29 is 13.2 Å². The molecular weight excluding hydrogens is 288 g/mol. The average molecular weight is 312 g/mol. The van der Waals surface area contributed by atoms with Crippen LogP contribution in [0.25, 0.3) is 0 Å². The number of unbranched alkanes of at least 4 members (excludes halogenated alkanes) is 3. The third kappa shape index (κ3) is 5.13. The second-order valence-corrected chi connectivity index (χ2v) is 6.89. The summed E-state index contributed by atoms with van der Waals surface area (Å²) in [6.07, 6.45) is 4.33. The van der Waals surface area contributed by atoms with E-state index in [0.29, 0.717) is 12.1 Å². The van der Waals surface area contributed by atoms with E-state index < -0.39 is 10.0 Å². The molecule has 1 rings (SSSR count). The summed E-state index contributed by atoms with van der Waals surface area (Å²) in [5.74, 6) is -0.225. The smallest absolute Gasteiger partial charge is 0.251 e. The zero-order chi connectivity index (χ0) is 15.9. The van der Waals surface area contributed by atoms with E-state index in [0.717, 1.165) is 31.2 Å². The van der Waals surface area contributed by atoms with Crippen molar-refractivity contribution in [1.29, 1.82) is 0 Å². The molecule has 0 spiro atoms. The molecule has 0 aliphatic heterocycles. The summed E-state index contributed by atoms with van der Waals surface area (Å²) in [6.45, 7) is 4.54. The number of carbonyl (C=O) groups excluding carboxylic acids is 1. The van der Waals surface area contributed by atoms with Crippen molar-refractivity contribution >= 4 is 15.9 Å². The number of amides is 1. The average Bonchev–Trinajstić information content (AvgIpc) is 2.47. The van der Waals surface area contributed by atoms with Crippen LogP contribution in [0.15, 0.2) is 23.1 Å². The molecule has 1 aromatic rings. The third-order valence-electron chi connectivity index (χ3n) is 3.35. The fourth-order valence-electron chi connectivity index (χ4n) is 1.98. The lowest BCUT2D eigenvalue weighted by Crippen LogP contribution is -2.26. The van der Waals surface area contributed by atoms with Crippen molar-refractivity contribution in [3.05, 3.63) is 29.3 Å². The van der Waals surface area contributed by atoms with Crippen molar-refractivity contribution in [2.45, 2.75) is 44.4 Å². The van der Waals surface area contributed by atoms with Crippen LogP contribution in [0.1, 0.15) is 48.5 Å². The van der Waals surface area contributed by atoms with E-state index in [4.69, 9.17) is 0 Å². The molecule has 1 amide bonds. The molecule has 0 aliphatic carbocycles. The zero-order valence-corrected chi connectivity index (χ0v) is 13.7. The number of benzene rings is 1. The molecule has 1 aromatic carbocycles. The van der Waals surface area contributed by atoms with E-state index in [2.05, 4.69) is 17.0 Å². The van der Waals surface area contributed by atoms with E-state index in [1.165, 1.54) is 19.2 Å². The molecule has 0 aliphatic rings. The van der Waals surface area contributed by atoms with Gasteiger partial charge in [-0.15, -0.1) is 0 Å². The minimum absolute atomic E-state index is 0.103. The van der Waals surface area contributed by atoms with Gasteiger partial charge in [-0.2, -0.15) is 0 Å². The van der Waals surface area contributed by atoms with Gasteiger partial charge in [0.15, 0.2) is 0 Å². The van der Waals surface area contributed by atoms with Gasteiger partial charge in [-0.3, -0.25) is 4.79 Å². The SMILES string of the molecule is CCCCCCNC(=O)c1cc(S(=O)(=O)NC)ccc1C. The summed E-state index contributed by atoms with van der Waals surface area (Å²) in [5, 5.41) is 2.84. The number of aryl methyl sites for hydroxylation is 1. The number of sulfonamides is 1. The fraction of sp³-hybridized carbons (Fsp3) is 0.533. The predicted octanol–water partition coefficient (Wildman–Crippen LogP) is 2.21. The van der Waals surface area contributed by atoms with E-state index in [1.54, 1.807) is 13.0 Å². The molecule has 2 N–H and O–H groups in total. The molecule has 21 heavy (non-hydrogen) atoms. The molecule has 5 nitrogen and oxygen atoms in total. The van der Waals surface area contributed by atoms with Crippen LogP contribution in [0.4, 0.5) is 0 Å². The molecule has 0 aromatic heterocycles. The van der Waals surface area contributed by atoms with Crippen LogP contribution in [-0.2, 0) is 10.0 Å². The lowest BCUT2D eigenvalue weighted by molar-refractivity contribution is 0.0952. The maximum atomic E-state index is 12.1. The van der Waals surface area contributed by atoms with Crippen LogP contribution in [-0.4, -0.2) is 27.9 Å². The molecule has 0 saturated carbocycles. The predicted molar refractivity (Wildman–Crippen MR) is 83.9 cm³/mol. The Morgan fingerprint density at radius 2 is 1.90 bits per heavy atom. The van der Waals surface area contributed by atoms with Gasteiger partial charge in [0.2, 0.25) is 10.0 Å². The molecular formula is C15H24N2O3S. The molecule has 0 heterocycles. The number of hydrogen-bond acceptors (Lipinski definition) is 3. The van der Waals surface area contributed by atoms with E-state index in [-0.39, 0.29) is 10.8 Å². The first-order valence-electron chi connectivity index (χ1n) is 7.24. The van der Waals surface area contributed by atoms with Crippen molar-refractivity contribution in [2.75, 3.05) is 13.6 Å². The third-order valence-corrected chi connectivity index (χ3v) is 4.76. The number of carbonyl (C=O) groups is 1. The summed E-state index contributed by atoms with van der Waals surface area (Å²) < 4.78 is 25.8. The maximum absolute atomic E-state index is 12.1. The van der Waals surface area contributed by atoms with Gasteiger partial charge >= 0.3 is 0 Å². The monoisotopic (exact) mass is 312 g/mol. The quantitative estimate of drug-likeness (QED) is 0.723. The number of rotatable bonds is 8. The molecule has 0 unspecified atom stereocenters. The molecule has 0 saturated heterocycles. The Hall–Kier alpha value is -1.40. The van der Waals surface area contributed by atoms with E-state index in [9.17, 15) is 13.2 Å². The van der Waals surface area contributed by atoms with Crippen molar-refractivity contribution in [1.82, 2.24) is 10.0 Å². The van der Waals surface area contributed by atoms with Crippen molar-refractivity contribution in [3.8, 4) is 0 Å². The fourth-order valence-corrected chi connectivity index (χ4v) is 2.74. The molecule has 0 bridgehead atoms. The van der Waals surface area contributed by atoms with Gasteiger partial charge in [-0.25, -0.2) is 13.1 Å². The molecule has 0 atom stereocenters. The second-order valence-electron chi connectivity index (χ2n) is 5.00. The first kappa shape index (κ1) is 17.7. The summed E-state index contributed by atoms with van der Waals surface area (Å²) in [6, 6.07) is 4.57. The van der Waals surface area contributed by atoms with Crippen LogP contribution in [0.2, 0.25) is 0 Å². The van der Waals surface area contributed by atoms with Crippen molar-refractivity contribution in [3.63, 3.8) is 0 Å². The zero-order valence-electron chi connectivity index (χ0n) is 12.9. The summed E-state index contributed by atoms with van der Waals surface area (Å²) in [5.41, 5.74) is 1.16. The number of hydrogen-bond donors (Lipinski definition) is 2. The normalized spacial score (nSPS) is 11.4. The van der Waals surface area contributed by atoms with Crippen LogP contribution in [0, 0.1) is 6.92 Å². The van der Waals surface area contributed by atoms with Gasteiger partial charge in [-0.05, 0) is 38.1 Å². The first-order chi connectivity index (χ1) is 9.92. The van der Waals surface area contributed by atoms with Gasteiger partial charge < -0.3 is 5.32 Å². The Balaban J connectivity index is 2.78. The topological polar surface area (TPSA) is 75.3 Å². The standard InChI is InChI=1S/C15H24N2O3S/c1-4-5-6-7-10-17-15(18)14-11-13(9-8-12(14)2)21(19,20)16-3/h8-9,11,16H,4-7,10H2,1-3H3,(H,17,18). The van der Waals surface area contributed by atoms with Crippen LogP contribution < -0.4 is 10.0 Å². The van der Waals surface area contributed by atoms with Gasteiger partial charge in [0.25, 0.3) is 5.91 Å². The summed E-state index contributed by atoms with van der Waals surface area (Å²) in [4.78, 5) is 12.2. The lowest BCUT2D eigenvalue weighted by atomic mass is 10.1. The molecule has 6 heteroatoms. The van der Waals surface area contributed by atoms with Gasteiger partial charge in [0, 0.05) is 12.1 Å². The highest BCUT2D eigenvalue weighted by Crippen LogP contribution is 2.15. The Morgan fingerprint density at radius 1 is 1.19 bits per heavy atom. The molecule has 0 fully saturated rings. The summed E-state index contributed by atoms with van der Waals surface area (Å²) in [7, 11) is -2.18. The number of nitrogens with one attached hydrogen (secondary N) is 2. The Labute approximate surface area is 127 Å². The highest BCUT2D eigenvalue weighted by Gasteiger charge is 2.16. The Morgan fingerprint density at radius 3 is 2.52 bits per heavy atom. The largest absolute Gasteiger partial charge is 0.352 e. The second kappa shape index (κ2) is 8.14. The van der Waals surface area contributed by atoms with Gasteiger partial charge in [0.05, 0.1) is 4.90 Å². The maximum Gasteiger partial charge on any atom is 0.251 e. The summed E-state index contributed by atoms with van der Waals surface area (Å²) >= 11 is 0. The van der Waals surface area contributed by atoms with Crippen LogP contribution in [0.3, 0.4) is 0 Å². The van der Waals surface area contributed by atoms with Gasteiger partial charge in [0.1, 0.15) is 0 Å². The molecule has 0 radical (unpaired) electrons. The van der Waals surface area contributed by atoms with Crippen LogP contribution >= 0.6 is 0 Å². The highest BCUT2D eigenvalue weighted by molar-refractivity contribution is 7.89. The Kier molecular flexibility index (Phi) is 6.84. The highest BCUT2D eigenvalue weighted by atomic mass is 32.2. The van der Waals surface area contributed by atoms with Crippen LogP contribution in [0.5, 0.6) is 0 Å². The molecule has 118 valence electrons. The van der Waals surface area contributed by atoms with E-state index >= 15 is 0 Å². The first-order valence-corrected chi connectivity index (χ1v) is 8.73. The van der Waals surface area contributed by atoms with Gasteiger partial charge in [-0.1, -0.05) is 32.3 Å². The minimum atomic E-state index is -3.53. The Bertz CT molecular complexity index is 583.